The van der Waals surface area contributed by atoms with Crippen molar-refractivity contribution in [2.24, 2.45) is 0 Å². The van der Waals surface area contributed by atoms with Gasteiger partial charge in [0.1, 0.15) is 11.6 Å². The van der Waals surface area contributed by atoms with Gasteiger partial charge >= 0.3 is 0 Å². The third-order valence-electron chi connectivity index (χ3n) is 2.28. The van der Waals surface area contributed by atoms with Gasteiger partial charge < -0.3 is 5.73 Å². The van der Waals surface area contributed by atoms with Gasteiger partial charge in [0.05, 0.1) is 11.3 Å². The van der Waals surface area contributed by atoms with E-state index in [0.29, 0.717) is 15.6 Å². The minimum Gasteiger partial charge on any atom is -0.395 e. The summed E-state index contributed by atoms with van der Waals surface area (Å²) in [7, 11) is 0. The zero-order chi connectivity index (χ0) is 13.1. The van der Waals surface area contributed by atoms with Gasteiger partial charge in [0.25, 0.3) is 0 Å². The maximum Gasteiger partial charge on any atom is 0.148 e. The first-order valence-corrected chi connectivity index (χ1v) is 5.87. The molecule has 0 aliphatic heterocycles. The molecule has 0 bridgehead atoms. The lowest BCUT2D eigenvalue weighted by molar-refractivity contribution is 0.627. The molecule has 0 radical (unpaired) electrons. The Morgan fingerprint density at radius 2 is 1.67 bits per heavy atom. The molecule has 0 atom stereocenters. The van der Waals surface area contributed by atoms with Gasteiger partial charge in [0, 0.05) is 10.0 Å². The van der Waals surface area contributed by atoms with Gasteiger partial charge in [-0.1, -0.05) is 27.8 Å². The second-order valence-corrected chi connectivity index (χ2v) is 4.52. The summed E-state index contributed by atoms with van der Waals surface area (Å²) in [4.78, 5) is 0. The number of nitrogen functional groups attached to an aromatic ring is 1. The predicted octanol–water partition coefficient (Wildman–Crippen LogP) is 3.71. The first-order chi connectivity index (χ1) is 8.56. The Kier molecular flexibility index (Phi) is 3.63. The Balaban J connectivity index is 2.38. The first kappa shape index (κ1) is 12.6. The molecule has 2 rings (SSSR count). The molecule has 0 aromatic heterocycles. The molecule has 18 heavy (non-hydrogen) atoms. The van der Waals surface area contributed by atoms with Crippen LogP contribution in [0.5, 0.6) is 0 Å². The summed E-state index contributed by atoms with van der Waals surface area (Å²) >= 11 is 3.17. The molecule has 0 saturated heterocycles. The van der Waals surface area contributed by atoms with Crippen LogP contribution >= 0.6 is 15.9 Å². The number of rotatable bonds is 0. The summed E-state index contributed by atoms with van der Waals surface area (Å²) in [5, 5.41) is 0. The molecule has 0 fully saturated rings. The van der Waals surface area contributed by atoms with E-state index >= 15 is 0 Å². The summed E-state index contributed by atoms with van der Waals surface area (Å²) in [6.07, 6.45) is 0. The molecule has 4 heteroatoms. The van der Waals surface area contributed by atoms with Crippen LogP contribution in [0.15, 0.2) is 40.9 Å². The topological polar surface area (TPSA) is 26.0 Å². The summed E-state index contributed by atoms with van der Waals surface area (Å²) in [6, 6.07) is 8.64. The highest BCUT2D eigenvalue weighted by Gasteiger charge is 2.04. The lowest BCUT2D eigenvalue weighted by Gasteiger charge is -2.00. The average molecular weight is 308 g/mol. The summed E-state index contributed by atoms with van der Waals surface area (Å²) < 4.78 is 26.6. The number of hydrogen-bond donors (Lipinski definition) is 1. The van der Waals surface area contributed by atoms with Gasteiger partial charge in [-0.05, 0) is 36.4 Å². The monoisotopic (exact) mass is 307 g/mol. The molecule has 0 amide bonds. The van der Waals surface area contributed by atoms with Gasteiger partial charge in [-0.2, -0.15) is 0 Å². The summed E-state index contributed by atoms with van der Waals surface area (Å²) in [6.45, 7) is 0. The van der Waals surface area contributed by atoms with Gasteiger partial charge in [-0.3, -0.25) is 0 Å². The number of halogens is 3. The van der Waals surface area contributed by atoms with E-state index in [9.17, 15) is 8.78 Å². The van der Waals surface area contributed by atoms with Crippen LogP contribution in [0.2, 0.25) is 0 Å². The van der Waals surface area contributed by atoms with E-state index in [4.69, 9.17) is 5.73 Å². The van der Waals surface area contributed by atoms with Crippen LogP contribution < -0.4 is 5.73 Å². The Bertz CT molecular complexity index is 639. The number of nitrogens with two attached hydrogens (primary N) is 1. The third-order valence-corrected chi connectivity index (χ3v) is 2.74. The highest BCUT2D eigenvalue weighted by molar-refractivity contribution is 9.10. The maximum atomic E-state index is 13.3. The smallest absolute Gasteiger partial charge is 0.148 e. The molecule has 90 valence electrons. The van der Waals surface area contributed by atoms with Crippen LogP contribution in [0.4, 0.5) is 14.5 Å². The van der Waals surface area contributed by atoms with Crippen LogP contribution in [0.1, 0.15) is 11.1 Å². The Hall–Kier alpha value is -1.86. The normalized spacial score (nSPS) is 9.72. The van der Waals surface area contributed by atoms with Crippen molar-refractivity contribution < 1.29 is 8.78 Å². The minimum atomic E-state index is -0.521. The zero-order valence-electron chi connectivity index (χ0n) is 9.18. The van der Waals surface area contributed by atoms with Gasteiger partial charge in [-0.25, -0.2) is 8.78 Å². The minimum absolute atomic E-state index is 0.00723. The van der Waals surface area contributed by atoms with Crippen molar-refractivity contribution in [1.82, 2.24) is 0 Å². The molecular weight excluding hydrogens is 300 g/mol. The van der Waals surface area contributed by atoms with Gasteiger partial charge in [0.15, 0.2) is 0 Å². The van der Waals surface area contributed by atoms with Crippen molar-refractivity contribution in [1.29, 1.82) is 0 Å². The van der Waals surface area contributed by atoms with Crippen LogP contribution in [-0.2, 0) is 0 Å². The van der Waals surface area contributed by atoms with Gasteiger partial charge in [-0.15, -0.1) is 0 Å². The molecule has 0 unspecified atom stereocenters. The van der Waals surface area contributed by atoms with Gasteiger partial charge in [0.2, 0.25) is 0 Å². The first-order valence-electron chi connectivity index (χ1n) is 5.08. The number of benzene rings is 2. The fourth-order valence-corrected chi connectivity index (χ4v) is 1.79. The SMILES string of the molecule is Nc1c(F)cc(Br)cc1C#Cc1ccc(F)cc1. The molecule has 0 saturated carbocycles. The highest BCUT2D eigenvalue weighted by atomic mass is 79.9. The lowest BCUT2D eigenvalue weighted by Crippen LogP contribution is -1.95. The van der Waals surface area contributed by atoms with Crippen molar-refractivity contribution >= 4 is 21.6 Å². The fraction of sp³-hybridized carbons (Fsp3) is 0. The standard InChI is InChI=1S/C14H8BrF2N/c15-11-7-10(14(18)13(17)8-11)4-1-9-2-5-12(16)6-3-9/h2-3,5-8H,18H2. The predicted molar refractivity (Wildman–Crippen MR) is 70.9 cm³/mol. The van der Waals surface area contributed by atoms with E-state index in [1.165, 1.54) is 18.2 Å². The number of hydrogen-bond acceptors (Lipinski definition) is 1. The van der Waals surface area contributed by atoms with Crippen molar-refractivity contribution in [2.75, 3.05) is 5.73 Å². The van der Waals surface area contributed by atoms with E-state index in [-0.39, 0.29) is 11.5 Å². The van der Waals surface area contributed by atoms with Crippen LogP contribution in [0, 0.1) is 23.5 Å². The van der Waals surface area contributed by atoms with Crippen LogP contribution in [0.3, 0.4) is 0 Å². The van der Waals surface area contributed by atoms with E-state index in [1.807, 2.05) is 0 Å². The Labute approximate surface area is 112 Å². The van der Waals surface area contributed by atoms with Crippen molar-refractivity contribution in [3.8, 4) is 11.8 Å². The molecule has 1 nitrogen and oxygen atoms in total. The largest absolute Gasteiger partial charge is 0.395 e. The molecule has 2 N–H and O–H groups in total. The maximum absolute atomic E-state index is 13.3. The molecule has 0 spiro atoms. The molecule has 2 aromatic rings. The zero-order valence-corrected chi connectivity index (χ0v) is 10.8. The van der Waals surface area contributed by atoms with E-state index in [2.05, 4.69) is 27.8 Å². The van der Waals surface area contributed by atoms with Crippen molar-refractivity contribution in [3.63, 3.8) is 0 Å². The molecule has 0 heterocycles. The quantitative estimate of drug-likeness (QED) is 0.583. The van der Waals surface area contributed by atoms with Crippen LogP contribution in [-0.4, -0.2) is 0 Å². The Morgan fingerprint density at radius 1 is 1.00 bits per heavy atom. The number of anilines is 1. The fourth-order valence-electron chi connectivity index (χ4n) is 1.36. The van der Waals surface area contributed by atoms with Crippen molar-refractivity contribution in [2.45, 2.75) is 0 Å². The molecular formula is C14H8BrF2N. The second kappa shape index (κ2) is 5.19. The second-order valence-electron chi connectivity index (χ2n) is 3.61. The molecule has 2 aromatic carbocycles. The van der Waals surface area contributed by atoms with Crippen molar-refractivity contribution in [3.05, 3.63) is 63.6 Å². The average Bonchev–Trinajstić information content (AvgIpc) is 2.34. The highest BCUT2D eigenvalue weighted by Crippen LogP contribution is 2.21. The van der Waals surface area contributed by atoms with E-state index in [0.717, 1.165) is 0 Å². The van der Waals surface area contributed by atoms with E-state index < -0.39 is 5.82 Å². The van der Waals surface area contributed by atoms with E-state index in [1.54, 1.807) is 18.2 Å². The summed E-state index contributed by atoms with van der Waals surface area (Å²) in [5.74, 6) is 4.72. The third kappa shape index (κ3) is 2.88. The molecule has 0 aliphatic carbocycles. The summed E-state index contributed by atoms with van der Waals surface area (Å²) in [5.41, 5.74) is 6.62. The van der Waals surface area contributed by atoms with Crippen LogP contribution in [0.25, 0.3) is 0 Å². The lowest BCUT2D eigenvalue weighted by atomic mass is 10.1. The Morgan fingerprint density at radius 3 is 2.33 bits per heavy atom. The molecule has 0 aliphatic rings.